The van der Waals surface area contributed by atoms with E-state index in [0.717, 1.165) is 4.68 Å². The van der Waals surface area contributed by atoms with Crippen LogP contribution in [0.3, 0.4) is 0 Å². The van der Waals surface area contributed by atoms with Crippen LogP contribution in [0.2, 0.25) is 10.0 Å². The summed E-state index contributed by atoms with van der Waals surface area (Å²) in [5.74, 6) is -0.622. The summed E-state index contributed by atoms with van der Waals surface area (Å²) in [6.45, 7) is 1.70. The largest absolute Gasteiger partial charge is 0.378 e. The second-order valence-corrected chi connectivity index (χ2v) is 7.14. The van der Waals surface area contributed by atoms with E-state index in [0.29, 0.717) is 32.6 Å². The van der Waals surface area contributed by atoms with Crippen molar-refractivity contribution in [1.29, 1.82) is 0 Å². The van der Waals surface area contributed by atoms with Gasteiger partial charge in [-0.15, -0.1) is 5.10 Å². The molecule has 0 radical (unpaired) electrons. The molecule has 156 valence electrons. The monoisotopic (exact) mass is 456 g/mol. The third kappa shape index (κ3) is 4.11. The predicted octanol–water partition coefficient (Wildman–Crippen LogP) is 3.36. The maximum Gasteiger partial charge on any atom is 0.292 e. The van der Waals surface area contributed by atoms with E-state index in [1.165, 1.54) is 0 Å². The molecule has 0 atom stereocenters. The molecule has 0 unspecified atom stereocenters. The Bertz CT molecular complexity index is 1280. The summed E-state index contributed by atoms with van der Waals surface area (Å²) in [6, 6.07) is 14.0. The molecule has 12 heteroatoms. The van der Waals surface area contributed by atoms with Crippen LogP contribution in [-0.2, 0) is 0 Å². The van der Waals surface area contributed by atoms with Crippen LogP contribution < -0.4 is 11.2 Å². The molecule has 0 bridgehead atoms. The number of aromatic nitrogens is 5. The van der Waals surface area contributed by atoms with Gasteiger partial charge in [0.1, 0.15) is 5.69 Å². The number of nitrogens with one attached hydrogen (secondary N) is 1. The quantitative estimate of drug-likeness (QED) is 0.346. The van der Waals surface area contributed by atoms with Crippen molar-refractivity contribution in [3.8, 4) is 17.1 Å². The lowest BCUT2D eigenvalue weighted by atomic mass is 10.1. The molecule has 0 aliphatic heterocycles. The van der Waals surface area contributed by atoms with Crippen LogP contribution in [0.1, 0.15) is 23.0 Å². The Labute approximate surface area is 185 Å². The highest BCUT2D eigenvalue weighted by Crippen LogP contribution is 2.25. The summed E-state index contributed by atoms with van der Waals surface area (Å²) < 4.78 is 5.77. The van der Waals surface area contributed by atoms with Gasteiger partial charge in [0.15, 0.2) is 5.69 Å². The minimum atomic E-state index is -0.601. The van der Waals surface area contributed by atoms with Crippen molar-refractivity contribution in [2.75, 3.05) is 5.73 Å². The van der Waals surface area contributed by atoms with Gasteiger partial charge in [0, 0.05) is 16.1 Å². The molecule has 0 saturated heterocycles. The number of nitrogens with zero attached hydrogens (tertiary/aromatic N) is 6. The molecule has 4 rings (SSSR count). The highest BCUT2D eigenvalue weighted by Gasteiger charge is 2.26. The molecule has 0 spiro atoms. The zero-order chi connectivity index (χ0) is 22.0. The third-order valence-electron chi connectivity index (χ3n) is 4.27. The average Bonchev–Trinajstić information content (AvgIpc) is 3.38. The van der Waals surface area contributed by atoms with Crippen LogP contribution in [-0.4, -0.2) is 36.9 Å². The minimum Gasteiger partial charge on any atom is -0.378 e. The fraction of sp³-hybridized carbons (Fsp3) is 0.0526. The van der Waals surface area contributed by atoms with Crippen molar-refractivity contribution >= 4 is 40.6 Å². The number of rotatable bonds is 5. The fourth-order valence-corrected chi connectivity index (χ4v) is 3.34. The number of anilines is 1. The Morgan fingerprint density at radius 3 is 2.61 bits per heavy atom. The van der Waals surface area contributed by atoms with E-state index in [1.54, 1.807) is 37.3 Å². The Balaban J connectivity index is 1.73. The van der Waals surface area contributed by atoms with E-state index >= 15 is 0 Å². The number of carbonyl (C=O) groups is 1. The first kappa shape index (κ1) is 20.5. The van der Waals surface area contributed by atoms with Crippen LogP contribution in [0.5, 0.6) is 0 Å². The van der Waals surface area contributed by atoms with Crippen molar-refractivity contribution in [3.05, 3.63) is 69.8 Å². The highest BCUT2D eigenvalue weighted by atomic mass is 35.5. The lowest BCUT2D eigenvalue weighted by molar-refractivity contribution is 0.0947. The maximum absolute atomic E-state index is 13.1. The number of hydrazone groups is 1. The lowest BCUT2D eigenvalue weighted by Crippen LogP contribution is -2.23. The number of carbonyl (C=O) groups excluding carboxylic acids is 1. The van der Waals surface area contributed by atoms with Gasteiger partial charge in [-0.05, 0) is 29.4 Å². The van der Waals surface area contributed by atoms with Gasteiger partial charge in [-0.3, -0.25) is 4.79 Å². The highest BCUT2D eigenvalue weighted by molar-refractivity contribution is 6.37. The van der Waals surface area contributed by atoms with Crippen LogP contribution in [0, 0.1) is 0 Å². The Hall–Kier alpha value is -3.76. The van der Waals surface area contributed by atoms with Gasteiger partial charge in [-0.25, -0.2) is 10.1 Å². The SMILES string of the molecule is C/C(=N\NC(=O)c1c(-c2ccccc2)nnn1-c1nonc1N)c1ccc(Cl)cc1Cl. The number of hydrogen-bond donors (Lipinski definition) is 2. The van der Waals surface area contributed by atoms with Crippen LogP contribution in [0.25, 0.3) is 17.1 Å². The fourth-order valence-electron chi connectivity index (χ4n) is 2.79. The predicted molar refractivity (Wildman–Crippen MR) is 115 cm³/mol. The first-order chi connectivity index (χ1) is 15.0. The molecule has 2 heterocycles. The van der Waals surface area contributed by atoms with Gasteiger partial charge in [0.05, 0.1) is 10.7 Å². The van der Waals surface area contributed by atoms with Gasteiger partial charge in [-0.2, -0.15) is 9.78 Å². The Morgan fingerprint density at radius 2 is 1.94 bits per heavy atom. The molecule has 0 fully saturated rings. The van der Waals surface area contributed by atoms with Crippen LogP contribution in [0.15, 0.2) is 58.3 Å². The van der Waals surface area contributed by atoms with Crippen LogP contribution >= 0.6 is 23.2 Å². The third-order valence-corrected chi connectivity index (χ3v) is 4.82. The molecule has 3 N–H and O–H groups in total. The summed E-state index contributed by atoms with van der Waals surface area (Å²) in [7, 11) is 0. The van der Waals surface area contributed by atoms with Gasteiger partial charge in [0.2, 0.25) is 11.6 Å². The number of nitrogen functional groups attached to an aromatic ring is 1. The van der Waals surface area contributed by atoms with Crippen molar-refractivity contribution in [3.63, 3.8) is 0 Å². The first-order valence-corrected chi connectivity index (χ1v) is 9.61. The van der Waals surface area contributed by atoms with Gasteiger partial charge in [0.25, 0.3) is 5.91 Å². The van der Waals surface area contributed by atoms with Crippen molar-refractivity contribution in [2.45, 2.75) is 6.92 Å². The van der Waals surface area contributed by atoms with Gasteiger partial charge < -0.3 is 5.73 Å². The molecule has 31 heavy (non-hydrogen) atoms. The summed E-state index contributed by atoms with van der Waals surface area (Å²) in [5, 5.41) is 20.4. The van der Waals surface area contributed by atoms with Crippen molar-refractivity contribution in [2.24, 2.45) is 5.10 Å². The summed E-state index contributed by atoms with van der Waals surface area (Å²) in [5.41, 5.74) is 10.4. The molecule has 4 aromatic rings. The maximum atomic E-state index is 13.1. The number of hydrogen-bond acceptors (Lipinski definition) is 8. The van der Waals surface area contributed by atoms with Gasteiger partial charge in [-0.1, -0.05) is 64.8 Å². The molecule has 0 aliphatic rings. The van der Waals surface area contributed by atoms with Gasteiger partial charge >= 0.3 is 0 Å². The van der Waals surface area contributed by atoms with E-state index in [1.807, 2.05) is 18.2 Å². The first-order valence-electron chi connectivity index (χ1n) is 8.85. The summed E-state index contributed by atoms with van der Waals surface area (Å²) >= 11 is 12.1. The van der Waals surface area contributed by atoms with E-state index in [2.05, 4.69) is 35.8 Å². The van der Waals surface area contributed by atoms with Crippen molar-refractivity contribution < 1.29 is 9.42 Å². The summed E-state index contributed by atoms with van der Waals surface area (Å²) in [6.07, 6.45) is 0. The zero-order valence-corrected chi connectivity index (χ0v) is 17.5. The smallest absolute Gasteiger partial charge is 0.292 e. The van der Waals surface area contributed by atoms with Crippen molar-refractivity contribution in [1.82, 2.24) is 30.7 Å². The second-order valence-electron chi connectivity index (χ2n) is 6.30. The number of nitrogens with two attached hydrogens (primary N) is 1. The Kier molecular flexibility index (Phi) is 5.65. The summed E-state index contributed by atoms with van der Waals surface area (Å²) in [4.78, 5) is 13.1. The molecule has 2 aromatic carbocycles. The number of halogens is 2. The molecule has 10 nitrogen and oxygen atoms in total. The van der Waals surface area contributed by atoms with E-state index in [4.69, 9.17) is 28.9 Å². The molecule has 0 saturated carbocycles. The normalized spacial score (nSPS) is 11.5. The molecule has 2 aromatic heterocycles. The average molecular weight is 457 g/mol. The second kappa shape index (κ2) is 8.54. The zero-order valence-electron chi connectivity index (χ0n) is 16.0. The van der Waals surface area contributed by atoms with Crippen LogP contribution in [0.4, 0.5) is 5.82 Å². The molecule has 0 aliphatic carbocycles. The van der Waals surface area contributed by atoms with E-state index in [9.17, 15) is 4.79 Å². The molecular weight excluding hydrogens is 443 g/mol. The molecule has 1 amide bonds. The number of benzene rings is 2. The van der Waals surface area contributed by atoms with E-state index in [-0.39, 0.29) is 17.3 Å². The lowest BCUT2D eigenvalue weighted by Gasteiger charge is -2.07. The topological polar surface area (TPSA) is 137 Å². The molecular formula is C19H14Cl2N8O2. The Morgan fingerprint density at radius 1 is 1.16 bits per heavy atom. The number of amides is 1. The van der Waals surface area contributed by atoms with E-state index < -0.39 is 5.91 Å². The minimum absolute atomic E-state index is 0.0290. The standard InChI is InChI=1S/C19H14Cl2N8O2/c1-10(13-8-7-12(20)9-14(13)21)23-25-19(30)16-15(11-5-3-2-4-6-11)24-28-29(16)18-17(22)26-31-27-18/h2-9H,1H3,(H2,22,26)(H,25,30)/b23-10+.